The molecule has 0 amide bonds. The van der Waals surface area contributed by atoms with Crippen molar-refractivity contribution in [3.05, 3.63) is 90.5 Å². The Morgan fingerprint density at radius 2 is 1.22 bits per heavy atom. The molecule has 0 aliphatic heterocycles. The maximum Gasteiger partial charge on any atom is -0.00248 e. The van der Waals surface area contributed by atoms with Gasteiger partial charge in [-0.05, 0) is 69.3 Å². The second-order valence-electron chi connectivity index (χ2n) is 7.29. The van der Waals surface area contributed by atoms with Gasteiger partial charge in [-0.15, -0.1) is 0 Å². The van der Waals surface area contributed by atoms with Crippen LogP contribution in [-0.4, -0.2) is 25.5 Å². The molecule has 0 bridgehead atoms. The van der Waals surface area contributed by atoms with E-state index >= 15 is 0 Å². The molecule has 0 atom stereocenters. The Morgan fingerprint density at radius 3 is 1.81 bits per heavy atom. The second kappa shape index (κ2) is 10.4. The van der Waals surface area contributed by atoms with Crippen LogP contribution in [0.2, 0.25) is 0 Å². The van der Waals surface area contributed by atoms with Gasteiger partial charge in [-0.25, -0.2) is 0 Å². The molecule has 0 saturated heterocycles. The van der Waals surface area contributed by atoms with Crippen LogP contribution in [0.3, 0.4) is 0 Å². The van der Waals surface area contributed by atoms with Crippen molar-refractivity contribution in [3.8, 4) is 0 Å². The third-order valence-electron chi connectivity index (χ3n) is 4.77. The van der Waals surface area contributed by atoms with E-state index in [1.165, 1.54) is 53.7 Å². The predicted octanol–water partition coefficient (Wildman–Crippen LogP) is 4.72. The van der Waals surface area contributed by atoms with Gasteiger partial charge in [0.15, 0.2) is 0 Å². The molecule has 0 fully saturated rings. The van der Waals surface area contributed by atoms with Crippen LogP contribution < -0.4 is 15.9 Å². The van der Waals surface area contributed by atoms with Crippen LogP contribution in [0, 0.1) is 0 Å². The summed E-state index contributed by atoms with van der Waals surface area (Å²) in [5.74, 6) is 0. The Hall–Kier alpha value is -1.95. The fourth-order valence-corrected chi connectivity index (χ4v) is 5.75. The summed E-state index contributed by atoms with van der Waals surface area (Å²) in [5, 5.41) is 4.29. The molecule has 140 valence electrons. The first kappa shape index (κ1) is 19.8. The zero-order chi connectivity index (χ0) is 18.9. The summed E-state index contributed by atoms with van der Waals surface area (Å²) in [5.41, 5.74) is 1.47. The van der Waals surface area contributed by atoms with E-state index in [1.807, 2.05) is 0 Å². The number of unbranched alkanes of at least 4 members (excludes halogenated alkanes) is 2. The van der Waals surface area contributed by atoms with Gasteiger partial charge in [-0.3, -0.25) is 0 Å². The molecule has 0 unspecified atom stereocenters. The minimum Gasteiger partial charge on any atom is -0.309 e. The molecule has 27 heavy (non-hydrogen) atoms. The second-order valence-corrected chi connectivity index (χ2v) is 9.51. The third kappa shape index (κ3) is 6.03. The fraction of sp³-hybridized carbons (Fsp3) is 0.280. The molecule has 0 aliphatic carbocycles. The van der Waals surface area contributed by atoms with E-state index in [2.05, 4.69) is 104 Å². The van der Waals surface area contributed by atoms with Gasteiger partial charge in [-0.1, -0.05) is 91.3 Å². The standard InChI is InChI=1S/C25H30NP/c1-26(2)20-11-5-6-13-22-14-12-19-25(21-22)27(23-15-7-3-8-16-23)24-17-9-4-10-18-24/h3-4,7-10,12,14-19,21H,5-6,11,13,20H2,1-2H3. The molecular formula is C25H30NP. The lowest BCUT2D eigenvalue weighted by molar-refractivity contribution is 0.391. The van der Waals surface area contributed by atoms with E-state index in [9.17, 15) is 0 Å². The normalized spacial score (nSPS) is 11.3. The largest absolute Gasteiger partial charge is 0.309 e. The maximum absolute atomic E-state index is 2.44. The Balaban J connectivity index is 1.77. The lowest BCUT2D eigenvalue weighted by atomic mass is 10.1. The number of rotatable bonds is 9. The number of nitrogens with zero attached hydrogens (tertiary/aromatic N) is 1. The Kier molecular flexibility index (Phi) is 7.63. The number of hydrogen-bond donors (Lipinski definition) is 0. The number of benzene rings is 3. The molecule has 0 aliphatic rings. The summed E-state index contributed by atoms with van der Waals surface area (Å²) in [6.07, 6.45) is 5.03. The van der Waals surface area contributed by atoms with Crippen molar-refractivity contribution in [1.29, 1.82) is 0 Å². The lowest BCUT2D eigenvalue weighted by Crippen LogP contribution is -2.20. The molecule has 1 nitrogen and oxygen atoms in total. The van der Waals surface area contributed by atoms with Gasteiger partial charge < -0.3 is 4.90 Å². The number of hydrogen-bond acceptors (Lipinski definition) is 1. The van der Waals surface area contributed by atoms with Gasteiger partial charge in [0, 0.05) is 0 Å². The molecule has 0 spiro atoms. The van der Waals surface area contributed by atoms with Crippen LogP contribution >= 0.6 is 7.92 Å². The lowest BCUT2D eigenvalue weighted by Gasteiger charge is -2.20. The number of aryl methyl sites for hydroxylation is 1. The van der Waals surface area contributed by atoms with Crippen molar-refractivity contribution in [1.82, 2.24) is 4.90 Å². The molecule has 2 heteroatoms. The van der Waals surface area contributed by atoms with Crippen LogP contribution in [0.5, 0.6) is 0 Å². The van der Waals surface area contributed by atoms with E-state index in [1.54, 1.807) is 0 Å². The summed E-state index contributed by atoms with van der Waals surface area (Å²) >= 11 is 0. The monoisotopic (exact) mass is 375 g/mol. The average molecular weight is 375 g/mol. The Labute approximate surface area is 165 Å². The summed E-state index contributed by atoms with van der Waals surface area (Å²) < 4.78 is 0. The molecular weight excluding hydrogens is 345 g/mol. The third-order valence-corrected chi connectivity index (χ3v) is 7.19. The molecule has 3 rings (SSSR count). The zero-order valence-corrected chi connectivity index (χ0v) is 17.4. The van der Waals surface area contributed by atoms with Crippen LogP contribution in [0.25, 0.3) is 0 Å². The van der Waals surface area contributed by atoms with Gasteiger partial charge in [0.2, 0.25) is 0 Å². The average Bonchev–Trinajstić information content (AvgIpc) is 2.70. The van der Waals surface area contributed by atoms with Crippen LogP contribution in [0.15, 0.2) is 84.9 Å². The molecule has 0 N–H and O–H groups in total. The first-order valence-electron chi connectivity index (χ1n) is 9.88. The van der Waals surface area contributed by atoms with Crippen LogP contribution in [0.4, 0.5) is 0 Å². The predicted molar refractivity (Wildman–Crippen MR) is 121 cm³/mol. The van der Waals surface area contributed by atoms with E-state index < -0.39 is 7.92 Å². The zero-order valence-electron chi connectivity index (χ0n) is 16.5. The minimum absolute atomic E-state index is 0.499. The van der Waals surface area contributed by atoms with Crippen molar-refractivity contribution in [3.63, 3.8) is 0 Å². The molecule has 3 aromatic carbocycles. The highest BCUT2D eigenvalue weighted by molar-refractivity contribution is 7.79. The van der Waals surface area contributed by atoms with E-state index in [0.29, 0.717) is 0 Å². The molecule has 0 aromatic heterocycles. The highest BCUT2D eigenvalue weighted by Gasteiger charge is 2.16. The van der Waals surface area contributed by atoms with E-state index in [4.69, 9.17) is 0 Å². The minimum atomic E-state index is -0.499. The summed E-state index contributed by atoms with van der Waals surface area (Å²) in [6.45, 7) is 1.19. The van der Waals surface area contributed by atoms with Crippen molar-refractivity contribution in [2.24, 2.45) is 0 Å². The smallest absolute Gasteiger partial charge is 0.00248 e. The Bertz CT molecular complexity index is 759. The van der Waals surface area contributed by atoms with Crippen molar-refractivity contribution < 1.29 is 0 Å². The van der Waals surface area contributed by atoms with Crippen molar-refractivity contribution >= 4 is 23.8 Å². The van der Waals surface area contributed by atoms with Gasteiger partial charge in [-0.2, -0.15) is 0 Å². The molecule has 0 saturated carbocycles. The molecule has 0 heterocycles. The van der Waals surface area contributed by atoms with Crippen LogP contribution in [-0.2, 0) is 6.42 Å². The Morgan fingerprint density at radius 1 is 0.630 bits per heavy atom. The summed E-state index contributed by atoms with van der Waals surface area (Å²) in [7, 11) is 3.80. The van der Waals surface area contributed by atoms with Gasteiger partial charge in [0.25, 0.3) is 0 Å². The SMILES string of the molecule is CN(C)CCCCCc1cccc(P(c2ccccc2)c2ccccc2)c1. The van der Waals surface area contributed by atoms with E-state index in [-0.39, 0.29) is 0 Å². The molecule has 0 radical (unpaired) electrons. The topological polar surface area (TPSA) is 3.24 Å². The van der Waals surface area contributed by atoms with Crippen molar-refractivity contribution in [2.75, 3.05) is 20.6 Å². The van der Waals surface area contributed by atoms with Gasteiger partial charge >= 0.3 is 0 Å². The van der Waals surface area contributed by atoms with Gasteiger partial charge in [0.05, 0.1) is 0 Å². The van der Waals surface area contributed by atoms with Crippen LogP contribution in [0.1, 0.15) is 24.8 Å². The quantitative estimate of drug-likeness (QED) is 0.386. The highest BCUT2D eigenvalue weighted by Crippen LogP contribution is 2.32. The van der Waals surface area contributed by atoms with Gasteiger partial charge in [0.1, 0.15) is 0 Å². The fourth-order valence-electron chi connectivity index (χ4n) is 3.39. The van der Waals surface area contributed by atoms with Crippen molar-refractivity contribution in [2.45, 2.75) is 25.7 Å². The summed E-state index contributed by atoms with van der Waals surface area (Å²) in [4.78, 5) is 2.27. The summed E-state index contributed by atoms with van der Waals surface area (Å²) in [6, 6.07) is 31.2. The maximum atomic E-state index is 2.44. The highest BCUT2D eigenvalue weighted by atomic mass is 31.1. The first-order chi connectivity index (χ1) is 13.2. The first-order valence-corrected chi connectivity index (χ1v) is 11.2. The molecule has 3 aromatic rings. The van der Waals surface area contributed by atoms with E-state index in [0.717, 1.165) is 0 Å².